The van der Waals surface area contributed by atoms with Crippen LogP contribution in [0.4, 0.5) is 0 Å². The van der Waals surface area contributed by atoms with Gasteiger partial charge in [0.1, 0.15) is 5.75 Å². The fourth-order valence-corrected chi connectivity index (χ4v) is 2.70. The van der Waals surface area contributed by atoms with Gasteiger partial charge in [-0.2, -0.15) is 0 Å². The molecule has 3 aromatic rings. The van der Waals surface area contributed by atoms with Crippen LogP contribution in [0.2, 0.25) is 0 Å². The first kappa shape index (κ1) is 16.8. The molecule has 0 radical (unpaired) electrons. The first-order valence-corrected chi connectivity index (χ1v) is 8.16. The van der Waals surface area contributed by atoms with Crippen molar-refractivity contribution in [1.29, 1.82) is 0 Å². The second kappa shape index (κ2) is 8.79. The molecule has 0 bridgehead atoms. The highest BCUT2D eigenvalue weighted by molar-refractivity contribution is 5.68. The van der Waals surface area contributed by atoms with Crippen molar-refractivity contribution in [3.8, 4) is 16.9 Å². The summed E-state index contributed by atoms with van der Waals surface area (Å²) in [6.45, 7) is 4.46. The Kier molecular flexibility index (Phi) is 6.43. The lowest BCUT2D eigenvalue weighted by Crippen LogP contribution is -1.94. The molecule has 0 aliphatic heterocycles. The summed E-state index contributed by atoms with van der Waals surface area (Å²) in [5.41, 5.74) is 5.69. The average Bonchev–Trinajstić information content (AvgIpc) is 2.63. The SMILES string of the molecule is CCc1cccc(-c2ccccc2)c1CC.Oc1ccccc1. The van der Waals surface area contributed by atoms with Crippen molar-refractivity contribution in [2.45, 2.75) is 26.7 Å². The Morgan fingerprint density at radius 2 is 1.26 bits per heavy atom. The van der Waals surface area contributed by atoms with Crippen molar-refractivity contribution in [3.63, 3.8) is 0 Å². The highest BCUT2D eigenvalue weighted by Crippen LogP contribution is 2.26. The molecular formula is C22H24O. The van der Waals surface area contributed by atoms with E-state index in [2.05, 4.69) is 62.4 Å². The van der Waals surface area contributed by atoms with Gasteiger partial charge in [-0.15, -0.1) is 0 Å². The molecule has 23 heavy (non-hydrogen) atoms. The number of hydrogen-bond donors (Lipinski definition) is 1. The fraction of sp³-hybridized carbons (Fsp3) is 0.182. The minimum absolute atomic E-state index is 0.322. The number of benzene rings is 3. The van der Waals surface area contributed by atoms with Crippen LogP contribution in [0.3, 0.4) is 0 Å². The monoisotopic (exact) mass is 304 g/mol. The third-order valence-electron chi connectivity index (χ3n) is 3.85. The summed E-state index contributed by atoms with van der Waals surface area (Å²) in [6, 6.07) is 26.0. The molecule has 0 heterocycles. The predicted octanol–water partition coefficient (Wildman–Crippen LogP) is 5.87. The zero-order chi connectivity index (χ0) is 16.5. The van der Waals surface area contributed by atoms with E-state index in [0.717, 1.165) is 12.8 Å². The van der Waals surface area contributed by atoms with E-state index in [9.17, 15) is 0 Å². The zero-order valence-corrected chi connectivity index (χ0v) is 13.9. The zero-order valence-electron chi connectivity index (χ0n) is 13.9. The van der Waals surface area contributed by atoms with Gasteiger partial charge in [-0.3, -0.25) is 0 Å². The first-order valence-electron chi connectivity index (χ1n) is 8.16. The maximum atomic E-state index is 8.63. The van der Waals surface area contributed by atoms with E-state index in [1.807, 2.05) is 6.07 Å². The molecule has 0 unspecified atom stereocenters. The minimum atomic E-state index is 0.322. The Labute approximate surface area is 139 Å². The summed E-state index contributed by atoms with van der Waals surface area (Å²) < 4.78 is 0. The van der Waals surface area contributed by atoms with Crippen LogP contribution in [0.25, 0.3) is 11.1 Å². The smallest absolute Gasteiger partial charge is 0.115 e. The molecule has 0 atom stereocenters. The van der Waals surface area contributed by atoms with Crippen LogP contribution in [0.15, 0.2) is 78.9 Å². The number of phenolic OH excluding ortho intramolecular Hbond substituents is 1. The highest BCUT2D eigenvalue weighted by Gasteiger charge is 2.06. The van der Waals surface area contributed by atoms with Gasteiger partial charge in [-0.1, -0.05) is 80.6 Å². The third kappa shape index (κ3) is 4.72. The Hall–Kier alpha value is -2.54. The van der Waals surface area contributed by atoms with Gasteiger partial charge in [0.25, 0.3) is 0 Å². The summed E-state index contributed by atoms with van der Waals surface area (Å²) in [4.78, 5) is 0. The maximum absolute atomic E-state index is 8.63. The second-order valence-corrected chi connectivity index (χ2v) is 5.35. The van der Waals surface area contributed by atoms with Crippen molar-refractivity contribution >= 4 is 0 Å². The highest BCUT2D eigenvalue weighted by atomic mass is 16.3. The molecule has 3 aromatic carbocycles. The van der Waals surface area contributed by atoms with E-state index in [4.69, 9.17) is 5.11 Å². The molecule has 0 spiro atoms. The van der Waals surface area contributed by atoms with E-state index >= 15 is 0 Å². The summed E-state index contributed by atoms with van der Waals surface area (Å²) in [7, 11) is 0. The summed E-state index contributed by atoms with van der Waals surface area (Å²) in [5.74, 6) is 0.322. The number of rotatable bonds is 3. The molecule has 0 fully saturated rings. The molecule has 1 N–H and O–H groups in total. The lowest BCUT2D eigenvalue weighted by molar-refractivity contribution is 0.475. The van der Waals surface area contributed by atoms with E-state index in [1.54, 1.807) is 24.3 Å². The van der Waals surface area contributed by atoms with Crippen LogP contribution in [0, 0.1) is 0 Å². The van der Waals surface area contributed by atoms with Gasteiger partial charge in [0, 0.05) is 0 Å². The van der Waals surface area contributed by atoms with E-state index in [0.29, 0.717) is 5.75 Å². The van der Waals surface area contributed by atoms with Crippen LogP contribution in [0.1, 0.15) is 25.0 Å². The van der Waals surface area contributed by atoms with Crippen LogP contribution < -0.4 is 0 Å². The van der Waals surface area contributed by atoms with Crippen LogP contribution >= 0.6 is 0 Å². The fourth-order valence-electron chi connectivity index (χ4n) is 2.70. The number of aromatic hydroxyl groups is 1. The molecule has 118 valence electrons. The van der Waals surface area contributed by atoms with Gasteiger partial charge in [0.15, 0.2) is 0 Å². The number of para-hydroxylation sites is 1. The third-order valence-corrected chi connectivity index (χ3v) is 3.85. The molecule has 0 amide bonds. The van der Waals surface area contributed by atoms with Crippen molar-refractivity contribution in [3.05, 3.63) is 90.0 Å². The van der Waals surface area contributed by atoms with Crippen molar-refractivity contribution in [1.82, 2.24) is 0 Å². The van der Waals surface area contributed by atoms with Crippen molar-refractivity contribution in [2.24, 2.45) is 0 Å². The van der Waals surface area contributed by atoms with Gasteiger partial charge in [0.2, 0.25) is 0 Å². The lowest BCUT2D eigenvalue weighted by atomic mass is 9.93. The van der Waals surface area contributed by atoms with Crippen molar-refractivity contribution in [2.75, 3.05) is 0 Å². The molecule has 0 aliphatic carbocycles. The molecule has 1 heteroatoms. The number of phenols is 1. The predicted molar refractivity (Wildman–Crippen MR) is 98.7 cm³/mol. The molecule has 0 saturated carbocycles. The van der Waals surface area contributed by atoms with Crippen molar-refractivity contribution < 1.29 is 5.11 Å². The molecule has 0 saturated heterocycles. The maximum Gasteiger partial charge on any atom is 0.115 e. The van der Waals surface area contributed by atoms with E-state index in [1.165, 1.54) is 22.3 Å². The van der Waals surface area contributed by atoms with Gasteiger partial charge >= 0.3 is 0 Å². The summed E-state index contributed by atoms with van der Waals surface area (Å²) >= 11 is 0. The van der Waals surface area contributed by atoms with Gasteiger partial charge < -0.3 is 5.11 Å². The van der Waals surface area contributed by atoms with Crippen LogP contribution in [0.5, 0.6) is 5.75 Å². The van der Waals surface area contributed by atoms with E-state index < -0.39 is 0 Å². The Bertz CT molecular complexity index is 703. The van der Waals surface area contributed by atoms with Gasteiger partial charge in [0.05, 0.1) is 0 Å². The molecule has 3 rings (SSSR count). The standard InChI is InChI=1S/C16H18.C6H6O/c1-3-13-11-8-12-16(15(13)4-2)14-9-6-5-7-10-14;7-6-4-2-1-3-5-6/h5-12H,3-4H2,1-2H3;1-5,7H. The normalized spacial score (nSPS) is 9.83. The Balaban J connectivity index is 0.000000229. The molecule has 1 nitrogen and oxygen atoms in total. The second-order valence-electron chi connectivity index (χ2n) is 5.35. The quantitative estimate of drug-likeness (QED) is 0.641. The topological polar surface area (TPSA) is 20.2 Å². The average molecular weight is 304 g/mol. The Morgan fingerprint density at radius 3 is 1.74 bits per heavy atom. The number of aryl methyl sites for hydroxylation is 1. The first-order chi connectivity index (χ1) is 11.3. The largest absolute Gasteiger partial charge is 0.508 e. The molecular weight excluding hydrogens is 280 g/mol. The van der Waals surface area contributed by atoms with E-state index in [-0.39, 0.29) is 0 Å². The summed E-state index contributed by atoms with van der Waals surface area (Å²) in [6.07, 6.45) is 2.22. The summed E-state index contributed by atoms with van der Waals surface area (Å²) in [5, 5.41) is 8.63. The number of hydrogen-bond acceptors (Lipinski definition) is 1. The minimum Gasteiger partial charge on any atom is -0.508 e. The van der Waals surface area contributed by atoms with Gasteiger partial charge in [-0.05, 0) is 47.2 Å². The molecule has 0 aliphatic rings. The lowest BCUT2D eigenvalue weighted by Gasteiger charge is -2.12. The van der Waals surface area contributed by atoms with Crippen LogP contribution in [-0.2, 0) is 12.8 Å². The Morgan fingerprint density at radius 1 is 0.652 bits per heavy atom. The molecule has 0 aromatic heterocycles. The van der Waals surface area contributed by atoms with Crippen LogP contribution in [-0.4, -0.2) is 5.11 Å². The van der Waals surface area contributed by atoms with Gasteiger partial charge in [-0.25, -0.2) is 0 Å².